The van der Waals surface area contributed by atoms with Crippen molar-refractivity contribution in [1.29, 1.82) is 0 Å². The van der Waals surface area contributed by atoms with E-state index in [0.29, 0.717) is 26.2 Å². The Hall–Kier alpha value is -3.70. The summed E-state index contributed by atoms with van der Waals surface area (Å²) in [5.41, 5.74) is 3.61. The lowest BCUT2D eigenvalue weighted by Crippen LogP contribution is -2.45. The Morgan fingerprint density at radius 3 is 1.59 bits per heavy atom. The number of methoxy groups -OCH3 is 1. The highest BCUT2D eigenvalue weighted by Gasteiger charge is 2.46. The molecule has 4 aromatic rings. The highest BCUT2D eigenvalue weighted by atomic mass is 16.5. The van der Waals surface area contributed by atoms with Crippen LogP contribution in [0.1, 0.15) is 62.3 Å². The van der Waals surface area contributed by atoms with Crippen LogP contribution in [0.2, 0.25) is 0 Å². The molecule has 0 unspecified atom stereocenters. The summed E-state index contributed by atoms with van der Waals surface area (Å²) in [5, 5.41) is 0. The minimum atomic E-state index is -0.655. The van der Waals surface area contributed by atoms with Gasteiger partial charge in [-0.1, -0.05) is 130 Å². The Morgan fingerprint density at radius 2 is 1.11 bits per heavy atom. The average molecular weight is 593 g/mol. The summed E-state index contributed by atoms with van der Waals surface area (Å²) in [5.74, 6) is 0.828. The second-order valence-electron chi connectivity index (χ2n) is 12.2. The van der Waals surface area contributed by atoms with E-state index in [0.717, 1.165) is 40.8 Å². The van der Waals surface area contributed by atoms with Gasteiger partial charge in [0, 0.05) is 0 Å². The van der Waals surface area contributed by atoms with Gasteiger partial charge in [-0.05, 0) is 59.1 Å². The van der Waals surface area contributed by atoms with Crippen molar-refractivity contribution in [2.24, 2.45) is 5.41 Å². The van der Waals surface area contributed by atoms with Crippen molar-refractivity contribution in [3.8, 4) is 5.75 Å². The molecular weight excluding hydrogens is 544 g/mol. The van der Waals surface area contributed by atoms with Gasteiger partial charge in [-0.2, -0.15) is 0 Å². The van der Waals surface area contributed by atoms with Crippen molar-refractivity contribution in [1.82, 2.24) is 0 Å². The summed E-state index contributed by atoms with van der Waals surface area (Å²) in [7, 11) is 1.68. The van der Waals surface area contributed by atoms with E-state index < -0.39 is 5.60 Å². The van der Waals surface area contributed by atoms with E-state index in [9.17, 15) is 0 Å². The van der Waals surface area contributed by atoms with Gasteiger partial charge in [0.25, 0.3) is 0 Å². The Labute approximate surface area is 264 Å². The minimum absolute atomic E-state index is 0.132. The van der Waals surface area contributed by atoms with Crippen molar-refractivity contribution < 1.29 is 18.9 Å². The largest absolute Gasteiger partial charge is 0.497 e. The third-order valence-electron chi connectivity index (χ3n) is 8.14. The topological polar surface area (TPSA) is 36.9 Å². The van der Waals surface area contributed by atoms with Crippen LogP contribution < -0.4 is 4.74 Å². The summed E-state index contributed by atoms with van der Waals surface area (Å²) in [4.78, 5) is 0. The first-order chi connectivity index (χ1) is 21.4. The summed E-state index contributed by atoms with van der Waals surface area (Å²) in [6.07, 6.45) is 3.95. The molecule has 0 aliphatic carbocycles. The molecule has 4 rings (SSSR count). The number of hydrogen-bond donors (Lipinski definition) is 0. The fourth-order valence-electron chi connectivity index (χ4n) is 5.83. The zero-order chi connectivity index (χ0) is 31.3. The Bertz CT molecular complexity index is 1320. The van der Waals surface area contributed by atoms with Crippen molar-refractivity contribution >= 4 is 0 Å². The third kappa shape index (κ3) is 8.69. The SMILES string of the molecule is C=CCC[C@H](OCc1ccccc1)[C@H](CCOC(c1ccccc1)(c1ccccc1)C(C)(C)C)OCc1ccc(OC)cc1. The Morgan fingerprint density at radius 1 is 0.636 bits per heavy atom. The predicted octanol–water partition coefficient (Wildman–Crippen LogP) is 9.53. The molecule has 0 fully saturated rings. The summed E-state index contributed by atoms with van der Waals surface area (Å²) in [6.45, 7) is 12.2. The zero-order valence-corrected chi connectivity index (χ0v) is 26.8. The van der Waals surface area contributed by atoms with Gasteiger partial charge in [0.2, 0.25) is 0 Å². The van der Waals surface area contributed by atoms with Crippen molar-refractivity contribution in [2.45, 2.75) is 71.1 Å². The highest BCUT2D eigenvalue weighted by Crippen LogP contribution is 2.48. The van der Waals surface area contributed by atoms with Crippen molar-refractivity contribution in [3.63, 3.8) is 0 Å². The van der Waals surface area contributed by atoms with Crippen LogP contribution in [-0.2, 0) is 33.0 Å². The molecular formula is C40H48O4. The predicted molar refractivity (Wildman–Crippen MR) is 180 cm³/mol. The quantitative estimate of drug-likeness (QED) is 0.114. The zero-order valence-electron chi connectivity index (χ0n) is 26.8. The standard InChI is InChI=1S/C40H48O4/c1-6-7-23-37(42-30-32-17-11-8-12-18-32)38(43-31-33-24-26-36(41-5)27-25-33)28-29-44-40(39(2,3)4,34-19-13-9-14-20-34)35-21-15-10-16-22-35/h6,8-22,24-27,37-38H,1,7,23,28-31H2,2-5H3/t37-,38-/m0/s1. The summed E-state index contributed by atoms with van der Waals surface area (Å²) >= 11 is 0. The van der Waals surface area contributed by atoms with Gasteiger partial charge in [0.05, 0.1) is 39.1 Å². The van der Waals surface area contributed by atoms with Crippen molar-refractivity contribution in [3.05, 3.63) is 150 Å². The number of benzene rings is 4. The molecule has 44 heavy (non-hydrogen) atoms. The van der Waals surface area contributed by atoms with Crippen LogP contribution in [0.5, 0.6) is 5.75 Å². The first-order valence-corrected chi connectivity index (χ1v) is 15.6. The van der Waals surface area contributed by atoms with Gasteiger partial charge < -0.3 is 18.9 Å². The molecule has 4 nitrogen and oxygen atoms in total. The molecule has 0 aliphatic heterocycles. The van der Waals surface area contributed by atoms with Gasteiger partial charge in [0.15, 0.2) is 0 Å². The average Bonchev–Trinajstić information content (AvgIpc) is 3.06. The lowest BCUT2D eigenvalue weighted by Gasteiger charge is -2.46. The Kier molecular flexibility index (Phi) is 12.4. The number of hydrogen-bond acceptors (Lipinski definition) is 4. The number of rotatable bonds is 17. The molecule has 0 amide bonds. The lowest BCUT2D eigenvalue weighted by molar-refractivity contribution is -0.128. The normalized spacial score (nSPS) is 13.3. The molecule has 4 heteroatoms. The highest BCUT2D eigenvalue weighted by molar-refractivity contribution is 5.39. The maximum atomic E-state index is 7.12. The van der Waals surface area contributed by atoms with E-state index in [-0.39, 0.29) is 17.6 Å². The van der Waals surface area contributed by atoms with Gasteiger partial charge in [-0.25, -0.2) is 0 Å². The van der Waals surface area contributed by atoms with E-state index >= 15 is 0 Å². The molecule has 0 bridgehead atoms. The molecule has 0 saturated heterocycles. The first-order valence-electron chi connectivity index (χ1n) is 15.6. The van der Waals surface area contributed by atoms with Crippen LogP contribution in [0.3, 0.4) is 0 Å². The van der Waals surface area contributed by atoms with Crippen LogP contribution in [0.25, 0.3) is 0 Å². The number of ether oxygens (including phenoxy) is 4. The van der Waals surface area contributed by atoms with Crippen LogP contribution in [0.15, 0.2) is 128 Å². The molecule has 2 atom stereocenters. The van der Waals surface area contributed by atoms with Crippen molar-refractivity contribution in [2.75, 3.05) is 13.7 Å². The maximum absolute atomic E-state index is 7.12. The van der Waals surface area contributed by atoms with E-state index in [1.165, 1.54) is 0 Å². The second-order valence-corrected chi connectivity index (χ2v) is 12.2. The number of allylic oxidation sites excluding steroid dienone is 1. The molecule has 0 N–H and O–H groups in total. The van der Waals surface area contributed by atoms with Gasteiger partial charge in [-0.15, -0.1) is 6.58 Å². The lowest BCUT2D eigenvalue weighted by atomic mass is 9.68. The summed E-state index contributed by atoms with van der Waals surface area (Å²) in [6, 6.07) is 39.5. The maximum Gasteiger partial charge on any atom is 0.123 e. The molecule has 0 spiro atoms. The van der Waals surface area contributed by atoms with Crippen LogP contribution in [-0.4, -0.2) is 25.9 Å². The van der Waals surface area contributed by atoms with Crippen LogP contribution in [0, 0.1) is 5.41 Å². The summed E-state index contributed by atoms with van der Waals surface area (Å²) < 4.78 is 25.7. The molecule has 0 heterocycles. The monoisotopic (exact) mass is 592 g/mol. The molecule has 0 aliphatic rings. The first kappa shape index (κ1) is 33.2. The molecule has 4 aromatic carbocycles. The van der Waals surface area contributed by atoms with E-state index in [1.807, 2.05) is 48.5 Å². The van der Waals surface area contributed by atoms with Gasteiger partial charge >= 0.3 is 0 Å². The molecule has 0 radical (unpaired) electrons. The third-order valence-corrected chi connectivity index (χ3v) is 8.14. The van der Waals surface area contributed by atoms with Crippen LogP contribution >= 0.6 is 0 Å². The minimum Gasteiger partial charge on any atom is -0.497 e. The molecule has 0 saturated carbocycles. The van der Waals surface area contributed by atoms with Gasteiger partial charge in [0.1, 0.15) is 11.4 Å². The second kappa shape index (κ2) is 16.4. The van der Waals surface area contributed by atoms with E-state index in [1.54, 1.807) is 7.11 Å². The Balaban J connectivity index is 1.61. The fraction of sp³-hybridized carbons (Fsp3) is 0.350. The molecule has 0 aromatic heterocycles. The van der Waals surface area contributed by atoms with E-state index in [4.69, 9.17) is 18.9 Å². The van der Waals surface area contributed by atoms with Crippen LogP contribution in [0.4, 0.5) is 0 Å². The fourth-order valence-corrected chi connectivity index (χ4v) is 5.83. The molecule has 232 valence electrons. The van der Waals surface area contributed by atoms with E-state index in [2.05, 4.69) is 100 Å². The smallest absolute Gasteiger partial charge is 0.123 e. The van der Waals surface area contributed by atoms with Gasteiger partial charge in [-0.3, -0.25) is 0 Å².